The van der Waals surface area contributed by atoms with E-state index in [-0.39, 0.29) is 13.0 Å². The Balaban J connectivity index is 2.53. The van der Waals surface area contributed by atoms with Gasteiger partial charge < -0.3 is 10.8 Å². The molecule has 21 heavy (non-hydrogen) atoms. The molecule has 1 aromatic heterocycles. The number of carboxylic acids is 1. The molecule has 6 nitrogen and oxygen atoms in total. The summed E-state index contributed by atoms with van der Waals surface area (Å²) in [5.74, 6) is -0.307. The molecule has 0 aliphatic heterocycles. The Morgan fingerprint density at radius 2 is 2.14 bits per heavy atom. The van der Waals surface area contributed by atoms with Gasteiger partial charge in [0.15, 0.2) is 0 Å². The summed E-state index contributed by atoms with van der Waals surface area (Å²) in [5.41, 5.74) is 6.33. The minimum atomic E-state index is -1.19. The van der Waals surface area contributed by atoms with Crippen molar-refractivity contribution in [1.82, 2.24) is 14.8 Å². The first-order valence-electron chi connectivity index (χ1n) is 6.91. The standard InChI is InChI=1S/C15H20N4O2/c1-3-19-13(17-10-18-19)8-15(9-16,14(20)21)12-7-5-4-6-11(12)2/h4-7,10H,3,8-9,16H2,1-2H3,(H,20,21). The summed E-state index contributed by atoms with van der Waals surface area (Å²) < 4.78 is 1.70. The number of hydrogen-bond donors (Lipinski definition) is 2. The molecule has 2 rings (SSSR count). The van der Waals surface area contributed by atoms with E-state index in [2.05, 4.69) is 10.1 Å². The second-order valence-corrected chi connectivity index (χ2v) is 5.08. The zero-order valence-electron chi connectivity index (χ0n) is 12.3. The number of aromatic nitrogens is 3. The Bertz CT molecular complexity index is 638. The monoisotopic (exact) mass is 288 g/mol. The third-order valence-corrected chi connectivity index (χ3v) is 3.87. The molecule has 3 N–H and O–H groups in total. The second kappa shape index (κ2) is 6.05. The fourth-order valence-electron chi connectivity index (χ4n) is 2.62. The number of carbonyl (C=O) groups is 1. The first-order valence-corrected chi connectivity index (χ1v) is 6.91. The largest absolute Gasteiger partial charge is 0.481 e. The molecule has 112 valence electrons. The van der Waals surface area contributed by atoms with Gasteiger partial charge in [0.25, 0.3) is 0 Å². The molecule has 1 unspecified atom stereocenters. The van der Waals surface area contributed by atoms with Crippen LogP contribution in [0.2, 0.25) is 0 Å². The van der Waals surface area contributed by atoms with Crippen LogP contribution in [-0.2, 0) is 23.2 Å². The highest BCUT2D eigenvalue weighted by Gasteiger charge is 2.41. The molecule has 0 aliphatic carbocycles. The Kier molecular flexibility index (Phi) is 4.37. The van der Waals surface area contributed by atoms with Gasteiger partial charge in [-0.25, -0.2) is 4.98 Å². The average molecular weight is 288 g/mol. The summed E-state index contributed by atoms with van der Waals surface area (Å²) in [7, 11) is 0. The molecular weight excluding hydrogens is 268 g/mol. The molecule has 1 heterocycles. The summed E-state index contributed by atoms with van der Waals surface area (Å²) >= 11 is 0. The van der Waals surface area contributed by atoms with Crippen molar-refractivity contribution in [3.8, 4) is 0 Å². The molecule has 0 saturated heterocycles. The van der Waals surface area contributed by atoms with Crippen LogP contribution in [0.25, 0.3) is 0 Å². The van der Waals surface area contributed by atoms with Crippen molar-refractivity contribution in [2.24, 2.45) is 5.73 Å². The van der Waals surface area contributed by atoms with Crippen LogP contribution in [0.15, 0.2) is 30.6 Å². The quantitative estimate of drug-likeness (QED) is 0.831. The fraction of sp³-hybridized carbons (Fsp3) is 0.400. The van der Waals surface area contributed by atoms with Crippen molar-refractivity contribution >= 4 is 5.97 Å². The van der Waals surface area contributed by atoms with Gasteiger partial charge in [-0.2, -0.15) is 5.10 Å². The van der Waals surface area contributed by atoms with Crippen LogP contribution >= 0.6 is 0 Å². The second-order valence-electron chi connectivity index (χ2n) is 5.08. The van der Waals surface area contributed by atoms with Gasteiger partial charge in [-0.15, -0.1) is 0 Å². The lowest BCUT2D eigenvalue weighted by Crippen LogP contribution is -2.46. The maximum Gasteiger partial charge on any atom is 0.315 e. The lowest BCUT2D eigenvalue weighted by atomic mass is 9.75. The van der Waals surface area contributed by atoms with E-state index < -0.39 is 11.4 Å². The number of aryl methyl sites for hydroxylation is 2. The highest BCUT2D eigenvalue weighted by atomic mass is 16.4. The summed E-state index contributed by atoms with van der Waals surface area (Å²) in [6.07, 6.45) is 1.66. The van der Waals surface area contributed by atoms with Gasteiger partial charge in [-0.3, -0.25) is 9.48 Å². The zero-order valence-corrected chi connectivity index (χ0v) is 12.3. The van der Waals surface area contributed by atoms with E-state index >= 15 is 0 Å². The number of hydrogen-bond acceptors (Lipinski definition) is 4. The van der Waals surface area contributed by atoms with E-state index in [4.69, 9.17) is 5.73 Å². The number of carboxylic acid groups (broad SMARTS) is 1. The summed E-state index contributed by atoms with van der Waals surface area (Å²) in [4.78, 5) is 16.2. The molecule has 0 saturated carbocycles. The molecule has 1 atom stereocenters. The molecule has 0 bridgehead atoms. The van der Waals surface area contributed by atoms with Crippen LogP contribution in [0.3, 0.4) is 0 Å². The molecule has 0 radical (unpaired) electrons. The number of nitrogens with zero attached hydrogens (tertiary/aromatic N) is 3. The predicted octanol–water partition coefficient (Wildman–Crippen LogP) is 1.13. The summed E-state index contributed by atoms with van der Waals surface area (Å²) in [6.45, 7) is 4.48. The summed E-state index contributed by atoms with van der Waals surface area (Å²) in [5, 5.41) is 13.9. The lowest BCUT2D eigenvalue weighted by Gasteiger charge is -2.29. The maximum absolute atomic E-state index is 12.0. The van der Waals surface area contributed by atoms with Gasteiger partial charge in [0.1, 0.15) is 17.6 Å². The van der Waals surface area contributed by atoms with Crippen LogP contribution in [-0.4, -0.2) is 32.4 Å². The SMILES string of the molecule is CCn1ncnc1CC(CN)(C(=O)O)c1ccccc1C. The first kappa shape index (κ1) is 15.2. The van der Waals surface area contributed by atoms with Crippen molar-refractivity contribution < 1.29 is 9.90 Å². The Morgan fingerprint density at radius 3 is 2.71 bits per heavy atom. The highest BCUT2D eigenvalue weighted by molar-refractivity contribution is 5.82. The van der Waals surface area contributed by atoms with Crippen molar-refractivity contribution in [2.45, 2.75) is 32.2 Å². The first-order chi connectivity index (χ1) is 10.0. The number of nitrogens with two attached hydrogens (primary N) is 1. The molecule has 6 heteroatoms. The number of aliphatic carboxylic acids is 1. The molecule has 0 aliphatic rings. The van der Waals surface area contributed by atoms with Crippen LogP contribution in [0.1, 0.15) is 23.9 Å². The Labute approximate surface area is 123 Å². The van der Waals surface area contributed by atoms with Crippen LogP contribution < -0.4 is 5.73 Å². The molecule has 1 aromatic carbocycles. The van der Waals surface area contributed by atoms with Crippen molar-refractivity contribution in [1.29, 1.82) is 0 Å². The number of rotatable bonds is 6. The topological polar surface area (TPSA) is 94.0 Å². The van der Waals surface area contributed by atoms with E-state index in [0.29, 0.717) is 12.4 Å². The van der Waals surface area contributed by atoms with E-state index in [1.165, 1.54) is 6.33 Å². The van der Waals surface area contributed by atoms with Gasteiger partial charge in [0, 0.05) is 19.5 Å². The summed E-state index contributed by atoms with van der Waals surface area (Å²) in [6, 6.07) is 7.44. The molecule has 0 spiro atoms. The zero-order chi connectivity index (χ0) is 15.5. The van der Waals surface area contributed by atoms with Gasteiger partial charge >= 0.3 is 5.97 Å². The maximum atomic E-state index is 12.0. The van der Waals surface area contributed by atoms with Crippen molar-refractivity contribution in [3.63, 3.8) is 0 Å². The average Bonchev–Trinajstić information content (AvgIpc) is 2.92. The normalized spacial score (nSPS) is 13.9. The lowest BCUT2D eigenvalue weighted by molar-refractivity contribution is -0.143. The van der Waals surface area contributed by atoms with E-state index in [1.807, 2.05) is 38.1 Å². The smallest absolute Gasteiger partial charge is 0.315 e. The third-order valence-electron chi connectivity index (χ3n) is 3.87. The third kappa shape index (κ3) is 2.67. The molecule has 0 fully saturated rings. The van der Waals surface area contributed by atoms with E-state index in [1.54, 1.807) is 4.68 Å². The van der Waals surface area contributed by atoms with Gasteiger partial charge in [-0.1, -0.05) is 24.3 Å². The fourth-order valence-corrected chi connectivity index (χ4v) is 2.62. The van der Waals surface area contributed by atoms with E-state index in [9.17, 15) is 9.90 Å². The van der Waals surface area contributed by atoms with E-state index in [0.717, 1.165) is 11.1 Å². The van der Waals surface area contributed by atoms with Gasteiger partial charge in [-0.05, 0) is 25.0 Å². The highest BCUT2D eigenvalue weighted by Crippen LogP contribution is 2.30. The molecule has 0 amide bonds. The predicted molar refractivity (Wildman–Crippen MR) is 78.9 cm³/mol. The van der Waals surface area contributed by atoms with Crippen LogP contribution in [0.4, 0.5) is 0 Å². The minimum absolute atomic E-state index is 0.00373. The molecular formula is C15H20N4O2. The van der Waals surface area contributed by atoms with Gasteiger partial charge in [0.2, 0.25) is 0 Å². The molecule has 2 aromatic rings. The van der Waals surface area contributed by atoms with Crippen molar-refractivity contribution in [2.75, 3.05) is 6.54 Å². The van der Waals surface area contributed by atoms with Crippen molar-refractivity contribution in [3.05, 3.63) is 47.5 Å². The van der Waals surface area contributed by atoms with Crippen LogP contribution in [0, 0.1) is 6.92 Å². The number of benzene rings is 1. The van der Waals surface area contributed by atoms with Crippen LogP contribution in [0.5, 0.6) is 0 Å². The van der Waals surface area contributed by atoms with Gasteiger partial charge in [0.05, 0.1) is 0 Å². The minimum Gasteiger partial charge on any atom is -0.481 e. The Morgan fingerprint density at radius 1 is 1.43 bits per heavy atom. The Hall–Kier alpha value is -2.21.